The number of rotatable bonds is 3. The quantitative estimate of drug-likeness (QED) is 0.935. The van der Waals surface area contributed by atoms with Crippen molar-refractivity contribution in [2.45, 2.75) is 13.8 Å². The number of benzene rings is 1. The van der Waals surface area contributed by atoms with Crippen molar-refractivity contribution in [3.63, 3.8) is 0 Å². The van der Waals surface area contributed by atoms with Crippen LogP contribution in [-0.2, 0) is 0 Å². The summed E-state index contributed by atoms with van der Waals surface area (Å²) in [6.07, 6.45) is 0. The summed E-state index contributed by atoms with van der Waals surface area (Å²) in [6, 6.07) is 6.46. The van der Waals surface area contributed by atoms with Crippen LogP contribution in [0.4, 0.5) is 0 Å². The van der Waals surface area contributed by atoms with Gasteiger partial charge in [0.15, 0.2) is 5.15 Å². The lowest BCUT2D eigenvalue weighted by Gasteiger charge is -2.09. The third-order valence-electron chi connectivity index (χ3n) is 2.77. The maximum Gasteiger partial charge on any atom is 0.248 e. The standard InChI is InChI=1S/C13H12ClN3O2/c1-7-8(2)13(17-16-11(7)14)19-10-5-3-9(4-6-10)12(15)18/h3-6H,1-2H3,(H2,15,18). The highest BCUT2D eigenvalue weighted by Crippen LogP contribution is 2.26. The average Bonchev–Trinajstić information content (AvgIpc) is 2.40. The molecule has 0 aliphatic carbocycles. The van der Waals surface area contributed by atoms with Gasteiger partial charge >= 0.3 is 0 Å². The molecule has 0 saturated carbocycles. The molecule has 0 aliphatic rings. The molecule has 5 nitrogen and oxygen atoms in total. The van der Waals surface area contributed by atoms with Crippen LogP contribution in [0.5, 0.6) is 11.6 Å². The molecular formula is C13H12ClN3O2. The smallest absolute Gasteiger partial charge is 0.248 e. The van der Waals surface area contributed by atoms with Crippen LogP contribution < -0.4 is 10.5 Å². The minimum Gasteiger partial charge on any atom is -0.437 e. The van der Waals surface area contributed by atoms with Gasteiger partial charge in [-0.25, -0.2) is 0 Å². The summed E-state index contributed by atoms with van der Waals surface area (Å²) in [5.41, 5.74) is 7.22. The van der Waals surface area contributed by atoms with Crippen LogP contribution in [0.15, 0.2) is 24.3 Å². The van der Waals surface area contributed by atoms with Crippen molar-refractivity contribution in [1.29, 1.82) is 0 Å². The Morgan fingerprint density at radius 3 is 2.37 bits per heavy atom. The van der Waals surface area contributed by atoms with Crippen LogP contribution in [0.3, 0.4) is 0 Å². The number of ether oxygens (including phenoxy) is 1. The first kappa shape index (κ1) is 13.3. The van der Waals surface area contributed by atoms with E-state index in [9.17, 15) is 4.79 Å². The predicted octanol–water partition coefficient (Wildman–Crippen LogP) is 2.64. The molecule has 2 N–H and O–H groups in total. The van der Waals surface area contributed by atoms with E-state index in [4.69, 9.17) is 22.1 Å². The van der Waals surface area contributed by atoms with Crippen molar-refractivity contribution in [1.82, 2.24) is 10.2 Å². The van der Waals surface area contributed by atoms with E-state index in [1.165, 1.54) is 0 Å². The van der Waals surface area contributed by atoms with E-state index in [-0.39, 0.29) is 0 Å². The lowest BCUT2D eigenvalue weighted by Crippen LogP contribution is -2.10. The topological polar surface area (TPSA) is 78.1 Å². The Kier molecular flexibility index (Phi) is 3.66. The van der Waals surface area contributed by atoms with Gasteiger partial charge in [0.25, 0.3) is 0 Å². The maximum absolute atomic E-state index is 11.0. The molecule has 2 rings (SSSR count). The summed E-state index contributed by atoms with van der Waals surface area (Å²) in [5, 5.41) is 8.05. The molecule has 19 heavy (non-hydrogen) atoms. The molecule has 0 bridgehead atoms. The Bertz CT molecular complexity index is 627. The molecule has 0 spiro atoms. The van der Waals surface area contributed by atoms with E-state index in [1.54, 1.807) is 24.3 Å². The second kappa shape index (κ2) is 5.24. The molecule has 1 amide bonds. The van der Waals surface area contributed by atoms with Gasteiger partial charge in [0, 0.05) is 11.1 Å². The van der Waals surface area contributed by atoms with Gasteiger partial charge in [0.1, 0.15) is 5.75 Å². The molecule has 1 aromatic heterocycles. The molecule has 1 heterocycles. The highest BCUT2D eigenvalue weighted by atomic mass is 35.5. The van der Waals surface area contributed by atoms with Crippen molar-refractivity contribution in [3.8, 4) is 11.6 Å². The summed E-state index contributed by atoms with van der Waals surface area (Å²) in [5.74, 6) is 0.447. The van der Waals surface area contributed by atoms with Crippen LogP contribution in [0, 0.1) is 13.8 Å². The Morgan fingerprint density at radius 1 is 1.16 bits per heavy atom. The van der Waals surface area contributed by atoms with Crippen LogP contribution in [0.25, 0.3) is 0 Å². The zero-order valence-electron chi connectivity index (χ0n) is 10.5. The van der Waals surface area contributed by atoms with E-state index in [1.807, 2.05) is 13.8 Å². The molecule has 2 aromatic rings. The lowest BCUT2D eigenvalue weighted by molar-refractivity contribution is 0.100. The summed E-state index contributed by atoms with van der Waals surface area (Å²) < 4.78 is 5.60. The molecule has 0 fully saturated rings. The highest BCUT2D eigenvalue weighted by molar-refractivity contribution is 6.30. The number of aromatic nitrogens is 2. The van der Waals surface area contributed by atoms with E-state index in [2.05, 4.69) is 10.2 Å². The molecule has 0 atom stereocenters. The number of carbonyl (C=O) groups is 1. The fourth-order valence-corrected chi connectivity index (χ4v) is 1.63. The Labute approximate surface area is 115 Å². The van der Waals surface area contributed by atoms with Gasteiger partial charge in [0.2, 0.25) is 11.8 Å². The van der Waals surface area contributed by atoms with Gasteiger partial charge in [-0.3, -0.25) is 4.79 Å². The second-order valence-corrected chi connectivity index (χ2v) is 4.39. The summed E-state index contributed by atoms with van der Waals surface area (Å²) in [6.45, 7) is 3.69. The Balaban J connectivity index is 2.26. The summed E-state index contributed by atoms with van der Waals surface area (Å²) in [4.78, 5) is 11.0. The lowest BCUT2D eigenvalue weighted by atomic mass is 10.2. The first-order chi connectivity index (χ1) is 8.99. The fraction of sp³-hybridized carbons (Fsp3) is 0.154. The van der Waals surface area contributed by atoms with Gasteiger partial charge in [-0.2, -0.15) is 0 Å². The van der Waals surface area contributed by atoms with Crippen LogP contribution in [0.1, 0.15) is 21.5 Å². The van der Waals surface area contributed by atoms with Crippen LogP contribution in [-0.4, -0.2) is 16.1 Å². The monoisotopic (exact) mass is 277 g/mol. The number of amides is 1. The van der Waals surface area contributed by atoms with Gasteiger partial charge in [-0.05, 0) is 43.7 Å². The Morgan fingerprint density at radius 2 is 1.79 bits per heavy atom. The number of primary amides is 1. The zero-order valence-corrected chi connectivity index (χ0v) is 11.2. The third kappa shape index (κ3) is 2.82. The summed E-state index contributed by atoms with van der Waals surface area (Å²) >= 11 is 5.86. The van der Waals surface area contributed by atoms with Crippen molar-refractivity contribution in [2.24, 2.45) is 5.73 Å². The molecule has 6 heteroatoms. The minimum absolute atomic E-state index is 0.355. The van der Waals surface area contributed by atoms with E-state index in [0.717, 1.165) is 11.1 Å². The Hall–Kier alpha value is -2.14. The SMILES string of the molecule is Cc1c(Cl)nnc(Oc2ccc(C(N)=O)cc2)c1C. The third-order valence-corrected chi connectivity index (χ3v) is 3.13. The number of carbonyl (C=O) groups excluding carboxylic acids is 1. The van der Waals surface area contributed by atoms with Crippen molar-refractivity contribution < 1.29 is 9.53 Å². The van der Waals surface area contributed by atoms with Crippen LogP contribution in [0.2, 0.25) is 5.15 Å². The molecule has 0 unspecified atom stereocenters. The van der Waals surface area contributed by atoms with Gasteiger partial charge < -0.3 is 10.5 Å². The van der Waals surface area contributed by atoms with Crippen molar-refractivity contribution in [3.05, 3.63) is 46.1 Å². The van der Waals surface area contributed by atoms with Crippen LogP contribution >= 0.6 is 11.6 Å². The minimum atomic E-state index is -0.482. The molecule has 0 aliphatic heterocycles. The number of hydrogen-bond donors (Lipinski definition) is 1. The van der Waals surface area contributed by atoms with Crippen molar-refractivity contribution >= 4 is 17.5 Å². The fourth-order valence-electron chi connectivity index (χ4n) is 1.45. The first-order valence-corrected chi connectivity index (χ1v) is 5.94. The average molecular weight is 278 g/mol. The van der Waals surface area contributed by atoms with E-state index < -0.39 is 5.91 Å². The zero-order chi connectivity index (χ0) is 14.0. The number of nitrogens with zero attached hydrogens (tertiary/aromatic N) is 2. The molecule has 98 valence electrons. The van der Waals surface area contributed by atoms with Gasteiger partial charge in [-0.15, -0.1) is 10.2 Å². The molecule has 0 radical (unpaired) electrons. The molecule has 0 saturated heterocycles. The molecular weight excluding hydrogens is 266 g/mol. The van der Waals surface area contributed by atoms with E-state index >= 15 is 0 Å². The number of halogens is 1. The van der Waals surface area contributed by atoms with Gasteiger partial charge in [-0.1, -0.05) is 11.6 Å². The normalized spacial score (nSPS) is 10.3. The maximum atomic E-state index is 11.0. The first-order valence-electron chi connectivity index (χ1n) is 5.56. The number of hydrogen-bond acceptors (Lipinski definition) is 4. The van der Waals surface area contributed by atoms with Gasteiger partial charge in [0.05, 0.1) is 0 Å². The van der Waals surface area contributed by atoms with Crippen molar-refractivity contribution in [2.75, 3.05) is 0 Å². The largest absolute Gasteiger partial charge is 0.437 e. The second-order valence-electron chi connectivity index (χ2n) is 4.04. The highest BCUT2D eigenvalue weighted by Gasteiger charge is 2.10. The predicted molar refractivity (Wildman–Crippen MR) is 71.5 cm³/mol. The number of nitrogens with two attached hydrogens (primary N) is 1. The molecule has 1 aromatic carbocycles. The summed E-state index contributed by atoms with van der Waals surface area (Å²) in [7, 11) is 0. The van der Waals surface area contributed by atoms with E-state index in [0.29, 0.717) is 22.3 Å².